The van der Waals surface area contributed by atoms with E-state index in [4.69, 9.17) is 4.74 Å². The molecule has 5 heteroatoms. The summed E-state index contributed by atoms with van der Waals surface area (Å²) in [5.74, 6) is 0.758. The van der Waals surface area contributed by atoms with E-state index in [2.05, 4.69) is 20.9 Å². The van der Waals surface area contributed by atoms with E-state index in [-0.39, 0.29) is 11.6 Å². The van der Waals surface area contributed by atoms with E-state index >= 15 is 0 Å². The molecule has 0 aliphatic rings. The standard InChI is InChI=1S/C17H15BrN2O2/c1-11(12-6-3-4-9-15(12)22-2)20-10-19-14-8-5-7-13(18)16(14)17(20)21/h3-11H,1-2H3. The van der Waals surface area contributed by atoms with Gasteiger partial charge in [-0.2, -0.15) is 0 Å². The maximum atomic E-state index is 12.8. The van der Waals surface area contributed by atoms with Gasteiger partial charge in [-0.15, -0.1) is 0 Å². The number of benzene rings is 2. The van der Waals surface area contributed by atoms with Crippen molar-refractivity contribution in [3.05, 3.63) is 69.2 Å². The highest BCUT2D eigenvalue weighted by atomic mass is 79.9. The molecule has 0 radical (unpaired) electrons. The van der Waals surface area contributed by atoms with Gasteiger partial charge >= 0.3 is 0 Å². The maximum absolute atomic E-state index is 12.8. The number of halogens is 1. The zero-order chi connectivity index (χ0) is 15.7. The molecule has 3 aromatic rings. The van der Waals surface area contributed by atoms with Crippen LogP contribution >= 0.6 is 15.9 Å². The molecule has 0 fully saturated rings. The molecule has 3 rings (SSSR count). The summed E-state index contributed by atoms with van der Waals surface area (Å²) < 4.78 is 7.78. The van der Waals surface area contributed by atoms with Gasteiger partial charge in [0, 0.05) is 10.0 Å². The number of hydrogen-bond acceptors (Lipinski definition) is 3. The smallest absolute Gasteiger partial charge is 0.262 e. The van der Waals surface area contributed by atoms with E-state index in [1.165, 1.54) is 0 Å². The van der Waals surface area contributed by atoms with Gasteiger partial charge in [0.1, 0.15) is 5.75 Å². The minimum atomic E-state index is -0.173. The lowest BCUT2D eigenvalue weighted by molar-refractivity contribution is 0.402. The fourth-order valence-electron chi connectivity index (χ4n) is 2.58. The predicted molar refractivity (Wildman–Crippen MR) is 90.5 cm³/mol. The molecule has 0 saturated heterocycles. The monoisotopic (exact) mass is 358 g/mol. The number of hydrogen-bond donors (Lipinski definition) is 0. The van der Waals surface area contributed by atoms with Crippen molar-refractivity contribution in [1.29, 1.82) is 0 Å². The van der Waals surface area contributed by atoms with Gasteiger partial charge in [-0.05, 0) is 41.1 Å². The summed E-state index contributed by atoms with van der Waals surface area (Å²) in [4.78, 5) is 17.2. The van der Waals surface area contributed by atoms with Crippen molar-refractivity contribution in [2.45, 2.75) is 13.0 Å². The Kier molecular flexibility index (Phi) is 3.98. The van der Waals surface area contributed by atoms with Crippen LogP contribution in [0.1, 0.15) is 18.5 Å². The first-order valence-corrected chi connectivity index (χ1v) is 7.71. The Bertz CT molecular complexity index is 889. The molecule has 0 aliphatic heterocycles. The Morgan fingerprint density at radius 3 is 2.73 bits per heavy atom. The second-order valence-electron chi connectivity index (χ2n) is 5.01. The molecule has 0 bridgehead atoms. The average molecular weight is 359 g/mol. The third-order valence-corrected chi connectivity index (χ3v) is 4.43. The second kappa shape index (κ2) is 5.93. The van der Waals surface area contributed by atoms with Gasteiger partial charge in [0.05, 0.1) is 30.4 Å². The van der Waals surface area contributed by atoms with E-state index in [9.17, 15) is 4.79 Å². The van der Waals surface area contributed by atoms with Crippen LogP contribution in [-0.2, 0) is 0 Å². The van der Waals surface area contributed by atoms with Crippen molar-refractivity contribution in [2.24, 2.45) is 0 Å². The third kappa shape index (κ3) is 2.41. The van der Waals surface area contributed by atoms with Crippen LogP contribution in [0.4, 0.5) is 0 Å². The van der Waals surface area contributed by atoms with Crippen LogP contribution in [-0.4, -0.2) is 16.7 Å². The molecule has 1 aromatic heterocycles. The van der Waals surface area contributed by atoms with E-state index in [0.717, 1.165) is 15.8 Å². The molecule has 0 spiro atoms. The summed E-state index contributed by atoms with van der Waals surface area (Å²) in [6, 6.07) is 13.1. The largest absolute Gasteiger partial charge is 0.496 e. The number of rotatable bonds is 3. The van der Waals surface area contributed by atoms with Gasteiger partial charge in [-0.25, -0.2) is 4.98 Å². The highest BCUT2D eigenvalue weighted by Crippen LogP contribution is 2.27. The lowest BCUT2D eigenvalue weighted by atomic mass is 10.1. The SMILES string of the molecule is COc1ccccc1C(C)n1cnc2cccc(Br)c2c1=O. The lowest BCUT2D eigenvalue weighted by Crippen LogP contribution is -2.24. The van der Waals surface area contributed by atoms with Crippen molar-refractivity contribution in [2.75, 3.05) is 7.11 Å². The summed E-state index contributed by atoms with van der Waals surface area (Å²) in [5.41, 5.74) is 1.55. The number of nitrogens with zero attached hydrogens (tertiary/aromatic N) is 2. The van der Waals surface area contributed by atoms with Gasteiger partial charge in [-0.3, -0.25) is 9.36 Å². The molecule has 0 amide bonds. The predicted octanol–water partition coefficient (Wildman–Crippen LogP) is 3.78. The van der Waals surface area contributed by atoms with Crippen molar-refractivity contribution in [3.63, 3.8) is 0 Å². The van der Waals surface area contributed by atoms with Gasteiger partial charge in [0.25, 0.3) is 5.56 Å². The molecule has 112 valence electrons. The highest BCUT2D eigenvalue weighted by Gasteiger charge is 2.16. The number of ether oxygens (including phenoxy) is 1. The first-order chi connectivity index (χ1) is 10.6. The van der Waals surface area contributed by atoms with Crippen LogP contribution in [0.5, 0.6) is 5.75 Å². The number of methoxy groups -OCH3 is 1. The fourth-order valence-corrected chi connectivity index (χ4v) is 3.10. The van der Waals surface area contributed by atoms with Crippen molar-refractivity contribution in [3.8, 4) is 5.75 Å². The van der Waals surface area contributed by atoms with E-state index in [1.54, 1.807) is 18.0 Å². The zero-order valence-corrected chi connectivity index (χ0v) is 13.9. The van der Waals surface area contributed by atoms with Crippen LogP contribution in [0.15, 0.2) is 58.1 Å². The number of fused-ring (bicyclic) bond motifs is 1. The summed E-state index contributed by atoms with van der Waals surface area (Å²) in [6.07, 6.45) is 1.59. The molecule has 2 aromatic carbocycles. The molecule has 0 aliphatic carbocycles. The third-order valence-electron chi connectivity index (χ3n) is 3.77. The van der Waals surface area contributed by atoms with Crippen LogP contribution in [0.2, 0.25) is 0 Å². The quantitative estimate of drug-likeness (QED) is 0.715. The fraction of sp³-hybridized carbons (Fsp3) is 0.176. The maximum Gasteiger partial charge on any atom is 0.262 e. The Labute approximate surface area is 136 Å². The van der Waals surface area contributed by atoms with E-state index in [1.807, 2.05) is 49.4 Å². The second-order valence-corrected chi connectivity index (χ2v) is 5.86. The normalized spacial score (nSPS) is 12.3. The minimum Gasteiger partial charge on any atom is -0.496 e. The average Bonchev–Trinajstić information content (AvgIpc) is 2.54. The summed E-state index contributed by atoms with van der Waals surface area (Å²) in [6.45, 7) is 1.96. The van der Waals surface area contributed by atoms with Crippen LogP contribution in [0.25, 0.3) is 10.9 Å². The number of para-hydroxylation sites is 1. The number of aromatic nitrogens is 2. The first kappa shape index (κ1) is 14.8. The van der Waals surface area contributed by atoms with Gasteiger partial charge in [0.2, 0.25) is 0 Å². The molecule has 1 heterocycles. The highest BCUT2D eigenvalue weighted by molar-refractivity contribution is 9.10. The molecule has 1 unspecified atom stereocenters. The van der Waals surface area contributed by atoms with Gasteiger partial charge in [0.15, 0.2) is 0 Å². The molecule has 1 atom stereocenters. The van der Waals surface area contributed by atoms with E-state index in [0.29, 0.717) is 10.9 Å². The Morgan fingerprint density at radius 2 is 1.95 bits per heavy atom. The Morgan fingerprint density at radius 1 is 1.18 bits per heavy atom. The van der Waals surface area contributed by atoms with Crippen LogP contribution in [0, 0.1) is 0 Å². The van der Waals surface area contributed by atoms with Crippen LogP contribution in [0.3, 0.4) is 0 Å². The summed E-state index contributed by atoms with van der Waals surface area (Å²) in [5, 5.41) is 0.590. The molecular weight excluding hydrogens is 344 g/mol. The van der Waals surface area contributed by atoms with Crippen molar-refractivity contribution in [1.82, 2.24) is 9.55 Å². The van der Waals surface area contributed by atoms with E-state index < -0.39 is 0 Å². The topological polar surface area (TPSA) is 44.1 Å². The lowest BCUT2D eigenvalue weighted by Gasteiger charge is -2.18. The molecule has 4 nitrogen and oxygen atoms in total. The molecular formula is C17H15BrN2O2. The molecule has 0 N–H and O–H groups in total. The summed E-state index contributed by atoms with van der Waals surface area (Å²) >= 11 is 3.44. The summed E-state index contributed by atoms with van der Waals surface area (Å²) in [7, 11) is 1.63. The van der Waals surface area contributed by atoms with Crippen LogP contribution < -0.4 is 10.3 Å². The molecule has 0 saturated carbocycles. The first-order valence-electron chi connectivity index (χ1n) is 6.91. The van der Waals surface area contributed by atoms with Crippen molar-refractivity contribution >= 4 is 26.8 Å². The van der Waals surface area contributed by atoms with Gasteiger partial charge < -0.3 is 4.74 Å². The Balaban J connectivity index is 2.20. The Hall–Kier alpha value is -2.14. The zero-order valence-electron chi connectivity index (χ0n) is 12.3. The molecule has 22 heavy (non-hydrogen) atoms. The van der Waals surface area contributed by atoms with Crippen molar-refractivity contribution < 1.29 is 4.74 Å². The van der Waals surface area contributed by atoms with Gasteiger partial charge in [-0.1, -0.05) is 24.3 Å². The minimum absolute atomic E-state index is 0.0733.